The van der Waals surface area contributed by atoms with Gasteiger partial charge in [0.05, 0.1) is 11.4 Å². The second-order valence-corrected chi connectivity index (χ2v) is 9.20. The number of para-hydroxylation sites is 1. The number of amides is 1. The number of hydrogen-bond donors (Lipinski definition) is 3. The van der Waals surface area contributed by atoms with Gasteiger partial charge in [-0.15, -0.1) is 0 Å². The molecule has 10 heteroatoms. The molecule has 0 spiro atoms. The zero-order chi connectivity index (χ0) is 25.9. The minimum Gasteiger partial charge on any atom is -0.455 e. The molecule has 4 rings (SSSR count). The van der Waals surface area contributed by atoms with E-state index >= 15 is 0 Å². The van der Waals surface area contributed by atoms with E-state index in [-0.39, 0.29) is 39.2 Å². The Balaban J connectivity index is 1.94. The molecule has 4 aromatic carbocycles. The van der Waals surface area contributed by atoms with Gasteiger partial charge >= 0.3 is 0 Å². The molecule has 182 valence electrons. The van der Waals surface area contributed by atoms with Crippen LogP contribution < -0.4 is 20.5 Å². The number of primary sulfonamides is 1. The van der Waals surface area contributed by atoms with Crippen molar-refractivity contribution in [2.24, 2.45) is 10.9 Å². The summed E-state index contributed by atoms with van der Waals surface area (Å²) in [4.78, 5) is 14.5. The van der Waals surface area contributed by atoms with Gasteiger partial charge < -0.3 is 10.5 Å². The molecule has 0 unspecified atom stereocenters. The van der Waals surface area contributed by atoms with Crippen LogP contribution >= 0.6 is 0 Å². The smallest absolute Gasteiger partial charge is 0.262 e. The lowest BCUT2D eigenvalue weighted by Gasteiger charge is -2.27. The lowest BCUT2D eigenvalue weighted by atomic mass is 10.1. The maximum absolute atomic E-state index is 14.6. The molecule has 0 aliphatic carbocycles. The van der Waals surface area contributed by atoms with Gasteiger partial charge in [0.25, 0.3) is 5.91 Å². The van der Waals surface area contributed by atoms with Crippen LogP contribution in [-0.2, 0) is 10.0 Å². The third-order valence-corrected chi connectivity index (χ3v) is 6.13. The summed E-state index contributed by atoms with van der Waals surface area (Å²) >= 11 is 0. The van der Waals surface area contributed by atoms with E-state index in [1.54, 1.807) is 48.5 Å². The summed E-state index contributed by atoms with van der Waals surface area (Å²) in [5, 5.41) is 13.1. The Morgan fingerprint density at radius 1 is 0.833 bits per heavy atom. The summed E-state index contributed by atoms with van der Waals surface area (Å²) in [6, 6.07) is 23.6. The molecular weight excluding hydrogens is 483 g/mol. The maximum Gasteiger partial charge on any atom is 0.262 e. The number of benzene rings is 4. The summed E-state index contributed by atoms with van der Waals surface area (Å²) in [6.07, 6.45) is 0. The molecule has 0 heterocycles. The van der Waals surface area contributed by atoms with E-state index in [4.69, 9.17) is 21.0 Å². The van der Waals surface area contributed by atoms with Crippen molar-refractivity contribution in [3.05, 3.63) is 114 Å². The number of nitrogens with one attached hydrogen (secondary N) is 1. The second kappa shape index (κ2) is 9.98. The fraction of sp³-hybridized carbons (Fsp3) is 0. The van der Waals surface area contributed by atoms with Crippen LogP contribution in [-0.4, -0.2) is 20.2 Å². The molecule has 0 fully saturated rings. The monoisotopic (exact) mass is 504 g/mol. The molecule has 0 radical (unpaired) electrons. The van der Waals surface area contributed by atoms with Crippen molar-refractivity contribution in [3.8, 4) is 11.5 Å². The van der Waals surface area contributed by atoms with Gasteiger partial charge in [-0.1, -0.05) is 42.5 Å². The van der Waals surface area contributed by atoms with Gasteiger partial charge in [-0.2, -0.15) is 0 Å². The summed E-state index contributed by atoms with van der Waals surface area (Å²) in [5.41, 5.74) is 6.04. The molecule has 0 saturated heterocycles. The van der Waals surface area contributed by atoms with E-state index < -0.39 is 21.7 Å². The molecular formula is C26H21FN4O4S. The zero-order valence-corrected chi connectivity index (χ0v) is 19.6. The van der Waals surface area contributed by atoms with Crippen molar-refractivity contribution in [2.75, 3.05) is 4.90 Å². The van der Waals surface area contributed by atoms with E-state index in [2.05, 4.69) is 0 Å². The maximum atomic E-state index is 14.6. The van der Waals surface area contributed by atoms with E-state index in [0.29, 0.717) is 5.56 Å². The Kier molecular flexibility index (Phi) is 6.82. The number of nitrogens with two attached hydrogens (primary N) is 2. The summed E-state index contributed by atoms with van der Waals surface area (Å²) in [5.74, 6) is -1.19. The first-order valence-corrected chi connectivity index (χ1v) is 12.1. The molecule has 36 heavy (non-hydrogen) atoms. The minimum absolute atomic E-state index is 0.0469. The molecule has 0 bridgehead atoms. The van der Waals surface area contributed by atoms with Gasteiger partial charge in [0.1, 0.15) is 22.3 Å². The van der Waals surface area contributed by atoms with Crippen molar-refractivity contribution in [3.63, 3.8) is 0 Å². The Bertz CT molecular complexity index is 1560. The highest BCUT2D eigenvalue weighted by atomic mass is 32.2. The first kappa shape index (κ1) is 24.6. The van der Waals surface area contributed by atoms with Crippen LogP contribution in [0.1, 0.15) is 15.9 Å². The van der Waals surface area contributed by atoms with Crippen molar-refractivity contribution >= 4 is 33.1 Å². The predicted molar refractivity (Wildman–Crippen MR) is 135 cm³/mol. The lowest BCUT2D eigenvalue weighted by Crippen LogP contribution is -2.29. The number of rotatable bonds is 7. The van der Waals surface area contributed by atoms with Gasteiger partial charge in [-0.05, 0) is 48.5 Å². The van der Waals surface area contributed by atoms with Crippen LogP contribution in [0.15, 0.2) is 102 Å². The van der Waals surface area contributed by atoms with Crippen LogP contribution in [0.2, 0.25) is 0 Å². The number of carbonyl (C=O) groups is 1. The summed E-state index contributed by atoms with van der Waals surface area (Å²) in [7, 11) is -4.27. The van der Waals surface area contributed by atoms with Gasteiger partial charge in [-0.3, -0.25) is 15.1 Å². The number of amidine groups is 1. The molecule has 0 aliphatic heterocycles. The predicted octanol–water partition coefficient (Wildman–Crippen LogP) is 4.53. The fourth-order valence-corrected chi connectivity index (χ4v) is 4.27. The average molecular weight is 505 g/mol. The van der Waals surface area contributed by atoms with Gasteiger partial charge in [-0.25, -0.2) is 17.9 Å². The Morgan fingerprint density at radius 3 is 2.19 bits per heavy atom. The Hall–Kier alpha value is -4.54. The third kappa shape index (κ3) is 5.24. The highest BCUT2D eigenvalue weighted by Gasteiger charge is 2.28. The van der Waals surface area contributed by atoms with Crippen LogP contribution in [0.5, 0.6) is 11.5 Å². The second-order valence-electron chi connectivity index (χ2n) is 7.67. The SMILES string of the molecule is N=C(N)c1cccc(Oc2ccc(F)cc2N(C(=O)c2ccccc2)c2ccccc2S(N)(=O)=O)c1. The number of nitrogen functional groups attached to an aromatic ring is 1. The van der Waals surface area contributed by atoms with E-state index in [9.17, 15) is 17.6 Å². The molecule has 0 aliphatic rings. The van der Waals surface area contributed by atoms with Crippen molar-refractivity contribution in [2.45, 2.75) is 4.90 Å². The third-order valence-electron chi connectivity index (χ3n) is 5.17. The number of hydrogen-bond acceptors (Lipinski definition) is 5. The Morgan fingerprint density at radius 2 is 1.50 bits per heavy atom. The van der Waals surface area contributed by atoms with Crippen molar-refractivity contribution < 1.29 is 22.3 Å². The van der Waals surface area contributed by atoms with Gasteiger partial charge in [0, 0.05) is 17.2 Å². The first-order valence-electron chi connectivity index (χ1n) is 10.6. The topological polar surface area (TPSA) is 140 Å². The largest absolute Gasteiger partial charge is 0.455 e. The minimum atomic E-state index is -4.27. The van der Waals surface area contributed by atoms with Crippen LogP contribution in [0.3, 0.4) is 0 Å². The standard InChI is InChI=1S/C26H21FN4O4S/c27-19-13-14-23(35-20-10-6-9-18(15-20)25(28)29)22(16-19)31(26(32)17-7-2-1-3-8-17)21-11-4-5-12-24(21)36(30,33)34/h1-16H,(H3,28,29)(H2,30,33,34). The number of nitrogens with zero attached hydrogens (tertiary/aromatic N) is 1. The van der Waals surface area contributed by atoms with Crippen LogP contribution in [0, 0.1) is 11.2 Å². The number of ether oxygens (including phenoxy) is 1. The highest BCUT2D eigenvalue weighted by Crippen LogP contribution is 2.40. The summed E-state index contributed by atoms with van der Waals surface area (Å²) < 4.78 is 45.3. The van der Waals surface area contributed by atoms with Gasteiger partial charge in [0.2, 0.25) is 10.0 Å². The van der Waals surface area contributed by atoms with E-state index in [0.717, 1.165) is 17.0 Å². The molecule has 0 atom stereocenters. The Labute approximate surface area is 207 Å². The van der Waals surface area contributed by atoms with Crippen molar-refractivity contribution in [1.82, 2.24) is 0 Å². The molecule has 5 N–H and O–H groups in total. The normalized spacial score (nSPS) is 11.1. The first-order chi connectivity index (χ1) is 17.1. The fourth-order valence-electron chi connectivity index (χ4n) is 3.55. The number of carbonyl (C=O) groups excluding carboxylic acids is 1. The number of halogens is 1. The molecule has 0 saturated carbocycles. The average Bonchev–Trinajstić information content (AvgIpc) is 2.86. The number of sulfonamides is 1. The molecule has 0 aromatic heterocycles. The van der Waals surface area contributed by atoms with E-state index in [1.807, 2.05) is 0 Å². The zero-order valence-electron chi connectivity index (χ0n) is 18.8. The molecule has 1 amide bonds. The quantitative estimate of drug-likeness (QED) is 0.251. The highest BCUT2D eigenvalue weighted by molar-refractivity contribution is 7.89. The van der Waals surface area contributed by atoms with Crippen molar-refractivity contribution in [1.29, 1.82) is 5.41 Å². The molecule has 8 nitrogen and oxygen atoms in total. The van der Waals surface area contributed by atoms with E-state index in [1.165, 1.54) is 36.4 Å². The summed E-state index contributed by atoms with van der Waals surface area (Å²) in [6.45, 7) is 0. The van der Waals surface area contributed by atoms with Crippen LogP contribution in [0.25, 0.3) is 0 Å². The van der Waals surface area contributed by atoms with Gasteiger partial charge in [0.15, 0.2) is 5.75 Å². The van der Waals surface area contributed by atoms with Crippen LogP contribution in [0.4, 0.5) is 15.8 Å². The molecule has 4 aromatic rings. The number of anilines is 2. The lowest BCUT2D eigenvalue weighted by molar-refractivity contribution is 0.0998.